The van der Waals surface area contributed by atoms with E-state index in [1.807, 2.05) is 42.5 Å². The molecule has 156 valence electrons. The van der Waals surface area contributed by atoms with Crippen molar-refractivity contribution in [2.45, 2.75) is 11.4 Å². The minimum Gasteiger partial charge on any atom is -0.314 e. The number of likely N-dealkylation sites (N-methyl/N-ethyl adjacent to an activating group) is 1. The third-order valence-corrected chi connectivity index (χ3v) is 7.14. The molecule has 1 amide bonds. The van der Waals surface area contributed by atoms with E-state index in [0.717, 1.165) is 10.0 Å². The van der Waals surface area contributed by atoms with Crippen molar-refractivity contribution in [3.63, 3.8) is 0 Å². The Morgan fingerprint density at radius 2 is 1.53 bits per heavy atom. The van der Waals surface area contributed by atoms with Crippen LogP contribution < -0.4 is 4.90 Å². The highest BCUT2D eigenvalue weighted by Crippen LogP contribution is 2.22. The van der Waals surface area contributed by atoms with Crippen molar-refractivity contribution in [1.82, 2.24) is 4.31 Å². The first-order valence-corrected chi connectivity index (χ1v) is 11.7. The average molecular weight is 508 g/mol. The van der Waals surface area contributed by atoms with Crippen molar-refractivity contribution < 1.29 is 13.2 Å². The van der Waals surface area contributed by atoms with Crippen LogP contribution in [0.1, 0.15) is 5.56 Å². The standard InChI is InChI=1S/C22H20BrClN2O3S/c1-25(20-5-3-2-4-6-20)22(27)16-26(15-17-7-9-18(23)10-8-17)30(28,29)21-13-11-19(24)12-14-21/h2-14H,15-16H2,1H3. The average Bonchev–Trinajstić information content (AvgIpc) is 2.75. The molecule has 0 spiro atoms. The molecule has 0 saturated carbocycles. The van der Waals surface area contributed by atoms with Gasteiger partial charge in [0, 0.05) is 28.8 Å². The number of hydrogen-bond acceptors (Lipinski definition) is 3. The van der Waals surface area contributed by atoms with Crippen LogP contribution in [0.15, 0.2) is 88.2 Å². The number of nitrogens with zero attached hydrogens (tertiary/aromatic N) is 2. The molecular weight excluding hydrogens is 488 g/mol. The number of halogens is 2. The maximum atomic E-state index is 13.3. The lowest BCUT2D eigenvalue weighted by Crippen LogP contribution is -2.41. The number of benzene rings is 3. The molecule has 3 aromatic rings. The second-order valence-corrected chi connectivity index (χ2v) is 9.93. The zero-order valence-electron chi connectivity index (χ0n) is 16.2. The molecule has 3 aromatic carbocycles. The number of carbonyl (C=O) groups is 1. The molecule has 0 aliphatic rings. The molecule has 0 aromatic heterocycles. The van der Waals surface area contributed by atoms with Gasteiger partial charge in [-0.05, 0) is 54.1 Å². The van der Waals surface area contributed by atoms with Crippen molar-refractivity contribution in [1.29, 1.82) is 0 Å². The second kappa shape index (κ2) is 9.75. The van der Waals surface area contributed by atoms with E-state index in [0.29, 0.717) is 10.7 Å². The van der Waals surface area contributed by atoms with E-state index in [9.17, 15) is 13.2 Å². The molecule has 0 fully saturated rings. The van der Waals surface area contributed by atoms with E-state index in [1.165, 1.54) is 33.5 Å². The van der Waals surface area contributed by atoms with Gasteiger partial charge in [-0.2, -0.15) is 4.31 Å². The van der Waals surface area contributed by atoms with Gasteiger partial charge in [0.15, 0.2) is 0 Å². The number of hydrogen-bond donors (Lipinski definition) is 0. The number of anilines is 1. The fraction of sp³-hybridized carbons (Fsp3) is 0.136. The number of amides is 1. The topological polar surface area (TPSA) is 57.7 Å². The molecule has 0 heterocycles. The molecular formula is C22H20BrClN2O3S. The first kappa shape index (κ1) is 22.5. The Labute approximate surface area is 190 Å². The Hall–Kier alpha value is -2.19. The van der Waals surface area contributed by atoms with Gasteiger partial charge in [0.25, 0.3) is 0 Å². The Balaban J connectivity index is 1.91. The fourth-order valence-corrected chi connectivity index (χ4v) is 4.60. The van der Waals surface area contributed by atoms with Gasteiger partial charge in [0.1, 0.15) is 0 Å². The number of carbonyl (C=O) groups excluding carboxylic acids is 1. The van der Waals surface area contributed by atoms with Gasteiger partial charge in [-0.3, -0.25) is 4.79 Å². The normalized spacial score (nSPS) is 11.5. The van der Waals surface area contributed by atoms with Crippen LogP contribution >= 0.6 is 27.5 Å². The molecule has 0 saturated heterocycles. The Kier molecular flexibility index (Phi) is 7.31. The van der Waals surface area contributed by atoms with Gasteiger partial charge >= 0.3 is 0 Å². The van der Waals surface area contributed by atoms with Crippen molar-refractivity contribution in [3.05, 3.63) is 93.9 Å². The molecule has 0 atom stereocenters. The Morgan fingerprint density at radius 1 is 0.933 bits per heavy atom. The summed E-state index contributed by atoms with van der Waals surface area (Å²) in [5, 5.41) is 0.438. The van der Waals surface area contributed by atoms with Gasteiger partial charge in [0.2, 0.25) is 15.9 Å². The number of para-hydroxylation sites is 1. The third kappa shape index (κ3) is 5.49. The summed E-state index contributed by atoms with van der Waals surface area (Å²) in [5.74, 6) is -0.337. The highest BCUT2D eigenvalue weighted by atomic mass is 79.9. The fourth-order valence-electron chi connectivity index (χ4n) is 2.83. The van der Waals surface area contributed by atoms with Crippen LogP contribution in [0.3, 0.4) is 0 Å². The van der Waals surface area contributed by atoms with Crippen molar-refractivity contribution in [3.8, 4) is 0 Å². The number of sulfonamides is 1. The van der Waals surface area contributed by atoms with E-state index < -0.39 is 10.0 Å². The lowest BCUT2D eigenvalue weighted by molar-refractivity contribution is -0.118. The summed E-state index contributed by atoms with van der Waals surface area (Å²) >= 11 is 9.28. The van der Waals surface area contributed by atoms with E-state index >= 15 is 0 Å². The van der Waals surface area contributed by atoms with Gasteiger partial charge in [0.05, 0.1) is 11.4 Å². The maximum Gasteiger partial charge on any atom is 0.243 e. The van der Waals surface area contributed by atoms with Crippen LogP contribution in [0.5, 0.6) is 0 Å². The molecule has 8 heteroatoms. The van der Waals surface area contributed by atoms with Crippen molar-refractivity contribution >= 4 is 49.1 Å². The molecule has 0 aliphatic heterocycles. The zero-order chi connectivity index (χ0) is 21.7. The first-order valence-electron chi connectivity index (χ1n) is 9.09. The third-order valence-electron chi connectivity index (χ3n) is 4.55. The van der Waals surface area contributed by atoms with Crippen LogP contribution in [0.2, 0.25) is 5.02 Å². The summed E-state index contributed by atoms with van der Waals surface area (Å²) in [6.07, 6.45) is 0. The Morgan fingerprint density at radius 3 is 2.13 bits per heavy atom. The first-order chi connectivity index (χ1) is 14.3. The van der Waals surface area contributed by atoms with Crippen LogP contribution in [-0.4, -0.2) is 32.2 Å². The van der Waals surface area contributed by atoms with E-state index in [-0.39, 0.29) is 23.9 Å². The highest BCUT2D eigenvalue weighted by Gasteiger charge is 2.28. The summed E-state index contributed by atoms with van der Waals surface area (Å²) in [6.45, 7) is -0.237. The quantitative estimate of drug-likeness (QED) is 0.454. The number of rotatable bonds is 7. The van der Waals surface area contributed by atoms with Gasteiger partial charge < -0.3 is 4.90 Å². The molecule has 0 bridgehead atoms. The zero-order valence-corrected chi connectivity index (χ0v) is 19.4. The van der Waals surface area contributed by atoms with Crippen molar-refractivity contribution in [2.24, 2.45) is 0 Å². The van der Waals surface area contributed by atoms with Gasteiger partial charge in [-0.15, -0.1) is 0 Å². The summed E-state index contributed by atoms with van der Waals surface area (Å²) in [5.41, 5.74) is 1.46. The van der Waals surface area contributed by atoms with Crippen molar-refractivity contribution in [2.75, 3.05) is 18.5 Å². The van der Waals surface area contributed by atoms with E-state index in [2.05, 4.69) is 15.9 Å². The van der Waals surface area contributed by atoms with Crippen LogP contribution in [-0.2, 0) is 21.4 Å². The summed E-state index contributed by atoms with van der Waals surface area (Å²) in [7, 11) is -2.29. The molecule has 3 rings (SSSR count). The van der Waals surface area contributed by atoms with Crippen LogP contribution in [0.25, 0.3) is 0 Å². The summed E-state index contributed by atoms with van der Waals surface area (Å²) in [6, 6.07) is 22.3. The lowest BCUT2D eigenvalue weighted by atomic mass is 10.2. The highest BCUT2D eigenvalue weighted by molar-refractivity contribution is 9.10. The molecule has 0 aliphatic carbocycles. The molecule has 5 nitrogen and oxygen atoms in total. The molecule has 30 heavy (non-hydrogen) atoms. The second-order valence-electron chi connectivity index (χ2n) is 6.64. The molecule has 0 unspecified atom stereocenters. The summed E-state index contributed by atoms with van der Waals surface area (Å²) < 4.78 is 28.7. The van der Waals surface area contributed by atoms with Crippen LogP contribution in [0, 0.1) is 0 Å². The van der Waals surface area contributed by atoms with Gasteiger partial charge in [-0.25, -0.2) is 8.42 Å². The van der Waals surface area contributed by atoms with E-state index in [4.69, 9.17) is 11.6 Å². The van der Waals surface area contributed by atoms with E-state index in [1.54, 1.807) is 19.2 Å². The predicted molar refractivity (Wildman–Crippen MR) is 123 cm³/mol. The van der Waals surface area contributed by atoms with Crippen LogP contribution in [0.4, 0.5) is 5.69 Å². The minimum absolute atomic E-state index is 0.0621. The molecule has 0 N–H and O–H groups in total. The monoisotopic (exact) mass is 506 g/mol. The largest absolute Gasteiger partial charge is 0.314 e. The Bertz CT molecular complexity index is 1110. The predicted octanol–water partition coefficient (Wildman–Crippen LogP) is 4.96. The lowest BCUT2D eigenvalue weighted by Gasteiger charge is -2.25. The minimum atomic E-state index is -3.92. The summed E-state index contributed by atoms with van der Waals surface area (Å²) in [4.78, 5) is 14.5. The maximum absolute atomic E-state index is 13.3. The smallest absolute Gasteiger partial charge is 0.243 e. The van der Waals surface area contributed by atoms with Gasteiger partial charge in [-0.1, -0.05) is 57.9 Å². The SMILES string of the molecule is CN(C(=O)CN(Cc1ccc(Br)cc1)S(=O)(=O)c1ccc(Cl)cc1)c1ccccc1. The molecule has 0 radical (unpaired) electrons.